The number of anilines is 1. The molecule has 7 heteroatoms. The summed E-state index contributed by atoms with van der Waals surface area (Å²) in [5.74, 6) is 0.624. The Morgan fingerprint density at radius 1 is 1.48 bits per heavy atom. The van der Waals surface area contributed by atoms with Crippen molar-refractivity contribution < 1.29 is 0 Å². The van der Waals surface area contributed by atoms with Gasteiger partial charge in [-0.1, -0.05) is 0 Å². The molecule has 2 heterocycles. The molecule has 0 radical (unpaired) electrons. The average molecular weight is 352 g/mol. The molecule has 1 fully saturated rings. The number of rotatable bonds is 5. The Morgan fingerprint density at radius 3 is 2.86 bits per heavy atom. The Labute approximate surface area is 131 Å². The maximum absolute atomic E-state index is 12.2. The van der Waals surface area contributed by atoms with Crippen LogP contribution in [0, 0.1) is 12.8 Å². The zero-order valence-electron chi connectivity index (χ0n) is 12.1. The summed E-state index contributed by atoms with van der Waals surface area (Å²) in [6.07, 6.45) is 6.08. The van der Waals surface area contributed by atoms with Gasteiger partial charge in [-0.25, -0.2) is 4.68 Å². The third-order valence-electron chi connectivity index (χ3n) is 3.70. The Kier molecular flexibility index (Phi) is 3.84. The fourth-order valence-corrected chi connectivity index (χ4v) is 2.72. The number of aryl methyl sites for hydroxylation is 2. The van der Waals surface area contributed by atoms with Gasteiger partial charge < -0.3 is 5.32 Å². The standard InChI is InChI=1S/C14H18BrN5O/c1-9-11(8-19(2)18-9)5-16-12-6-17-20(7-10-3-4-10)14(21)13(12)15/h6,8,10,16H,3-5,7H2,1-2H3. The normalized spacial score (nSPS) is 14.4. The lowest BCUT2D eigenvalue weighted by Gasteiger charge is -2.10. The zero-order valence-corrected chi connectivity index (χ0v) is 13.7. The van der Waals surface area contributed by atoms with Crippen molar-refractivity contribution >= 4 is 21.6 Å². The van der Waals surface area contributed by atoms with E-state index < -0.39 is 0 Å². The van der Waals surface area contributed by atoms with Crippen LogP contribution in [0.15, 0.2) is 21.7 Å². The molecule has 1 saturated carbocycles. The van der Waals surface area contributed by atoms with Crippen LogP contribution in [0.4, 0.5) is 5.69 Å². The Balaban J connectivity index is 1.74. The summed E-state index contributed by atoms with van der Waals surface area (Å²) >= 11 is 3.38. The van der Waals surface area contributed by atoms with Crippen molar-refractivity contribution in [3.63, 3.8) is 0 Å². The molecule has 1 aliphatic rings. The Hall–Kier alpha value is -1.63. The maximum Gasteiger partial charge on any atom is 0.283 e. The van der Waals surface area contributed by atoms with Gasteiger partial charge in [0.2, 0.25) is 0 Å². The van der Waals surface area contributed by atoms with E-state index in [2.05, 4.69) is 31.4 Å². The van der Waals surface area contributed by atoms with E-state index in [1.165, 1.54) is 12.8 Å². The van der Waals surface area contributed by atoms with Crippen molar-refractivity contribution in [3.05, 3.63) is 38.5 Å². The predicted molar refractivity (Wildman–Crippen MR) is 84.2 cm³/mol. The number of nitrogens with zero attached hydrogens (tertiary/aromatic N) is 4. The van der Waals surface area contributed by atoms with Gasteiger partial charge in [0.05, 0.1) is 17.6 Å². The van der Waals surface area contributed by atoms with Crippen molar-refractivity contribution in [2.24, 2.45) is 13.0 Å². The van der Waals surface area contributed by atoms with Crippen molar-refractivity contribution in [2.75, 3.05) is 5.32 Å². The van der Waals surface area contributed by atoms with Gasteiger partial charge in [0.15, 0.2) is 0 Å². The van der Waals surface area contributed by atoms with Crippen LogP contribution in [-0.4, -0.2) is 19.6 Å². The van der Waals surface area contributed by atoms with Crippen molar-refractivity contribution in [3.8, 4) is 0 Å². The largest absolute Gasteiger partial charge is 0.378 e. The molecular formula is C14H18BrN5O. The van der Waals surface area contributed by atoms with Crippen LogP contribution in [0.1, 0.15) is 24.1 Å². The van der Waals surface area contributed by atoms with E-state index >= 15 is 0 Å². The molecule has 0 saturated heterocycles. The minimum atomic E-state index is -0.0743. The Bertz CT molecular complexity index is 717. The molecule has 6 nitrogen and oxygen atoms in total. The quantitative estimate of drug-likeness (QED) is 0.895. The SMILES string of the molecule is Cc1nn(C)cc1CNc1cnn(CC2CC2)c(=O)c1Br. The lowest BCUT2D eigenvalue weighted by atomic mass is 10.2. The molecule has 1 N–H and O–H groups in total. The molecule has 2 aromatic heterocycles. The smallest absolute Gasteiger partial charge is 0.283 e. The first-order valence-electron chi connectivity index (χ1n) is 7.03. The van der Waals surface area contributed by atoms with Gasteiger partial charge in [-0.15, -0.1) is 0 Å². The van der Waals surface area contributed by atoms with Crippen LogP contribution in [0.25, 0.3) is 0 Å². The monoisotopic (exact) mass is 351 g/mol. The lowest BCUT2D eigenvalue weighted by Crippen LogP contribution is -2.25. The van der Waals surface area contributed by atoms with Gasteiger partial charge >= 0.3 is 0 Å². The minimum Gasteiger partial charge on any atom is -0.378 e. The summed E-state index contributed by atoms with van der Waals surface area (Å²) < 4.78 is 3.87. The number of nitrogens with one attached hydrogen (secondary N) is 1. The highest BCUT2D eigenvalue weighted by atomic mass is 79.9. The van der Waals surface area contributed by atoms with Crippen molar-refractivity contribution in [2.45, 2.75) is 32.9 Å². The molecule has 3 rings (SSSR count). The third kappa shape index (κ3) is 3.18. The summed E-state index contributed by atoms with van der Waals surface area (Å²) in [5, 5.41) is 11.8. The van der Waals surface area contributed by atoms with Gasteiger partial charge in [0.1, 0.15) is 4.47 Å². The van der Waals surface area contributed by atoms with E-state index in [4.69, 9.17) is 0 Å². The van der Waals surface area contributed by atoms with Crippen LogP contribution in [0.5, 0.6) is 0 Å². The molecule has 0 aliphatic heterocycles. The number of hydrogen-bond acceptors (Lipinski definition) is 4. The molecule has 0 atom stereocenters. The molecular weight excluding hydrogens is 334 g/mol. The van der Waals surface area contributed by atoms with Crippen LogP contribution in [0.2, 0.25) is 0 Å². The second-order valence-electron chi connectivity index (χ2n) is 5.57. The highest BCUT2D eigenvalue weighted by Crippen LogP contribution is 2.30. The molecule has 2 aromatic rings. The van der Waals surface area contributed by atoms with E-state index in [0.717, 1.165) is 23.5 Å². The average Bonchev–Trinajstić information content (AvgIpc) is 3.19. The van der Waals surface area contributed by atoms with Crippen molar-refractivity contribution in [1.82, 2.24) is 19.6 Å². The van der Waals surface area contributed by atoms with E-state index in [1.807, 2.05) is 20.2 Å². The fourth-order valence-electron chi connectivity index (χ4n) is 2.28. The van der Waals surface area contributed by atoms with Crippen LogP contribution >= 0.6 is 15.9 Å². The van der Waals surface area contributed by atoms with E-state index in [0.29, 0.717) is 16.9 Å². The van der Waals surface area contributed by atoms with E-state index in [-0.39, 0.29) is 5.56 Å². The molecule has 0 aromatic carbocycles. The summed E-state index contributed by atoms with van der Waals surface area (Å²) in [5.41, 5.74) is 2.73. The second-order valence-corrected chi connectivity index (χ2v) is 6.36. The van der Waals surface area contributed by atoms with Gasteiger partial charge in [-0.2, -0.15) is 10.2 Å². The first-order chi connectivity index (χ1) is 10.0. The number of aromatic nitrogens is 4. The first-order valence-corrected chi connectivity index (χ1v) is 7.82. The minimum absolute atomic E-state index is 0.0743. The number of hydrogen-bond donors (Lipinski definition) is 1. The molecule has 1 aliphatic carbocycles. The van der Waals surface area contributed by atoms with Gasteiger partial charge in [-0.3, -0.25) is 9.48 Å². The summed E-state index contributed by atoms with van der Waals surface area (Å²) in [6.45, 7) is 3.31. The summed E-state index contributed by atoms with van der Waals surface area (Å²) in [7, 11) is 1.90. The molecule has 21 heavy (non-hydrogen) atoms. The van der Waals surface area contributed by atoms with E-state index in [1.54, 1.807) is 15.6 Å². The maximum atomic E-state index is 12.2. The third-order valence-corrected chi connectivity index (χ3v) is 4.46. The van der Waals surface area contributed by atoms with Crippen molar-refractivity contribution in [1.29, 1.82) is 0 Å². The molecule has 0 spiro atoms. The van der Waals surface area contributed by atoms with Crippen LogP contribution in [-0.2, 0) is 20.1 Å². The molecule has 0 unspecified atom stereocenters. The van der Waals surface area contributed by atoms with Gasteiger partial charge in [-0.05, 0) is 41.6 Å². The topological polar surface area (TPSA) is 64.7 Å². The molecule has 0 bridgehead atoms. The lowest BCUT2D eigenvalue weighted by molar-refractivity contribution is 0.532. The van der Waals surface area contributed by atoms with E-state index in [9.17, 15) is 4.79 Å². The predicted octanol–water partition coefficient (Wildman–Crippen LogP) is 2.07. The number of halogens is 1. The molecule has 112 valence electrons. The first kappa shape index (κ1) is 14.3. The van der Waals surface area contributed by atoms with Crippen LogP contribution in [0.3, 0.4) is 0 Å². The van der Waals surface area contributed by atoms with Gasteiger partial charge in [0, 0.05) is 31.9 Å². The second kappa shape index (κ2) is 5.63. The summed E-state index contributed by atoms with van der Waals surface area (Å²) in [4.78, 5) is 12.2. The highest BCUT2D eigenvalue weighted by molar-refractivity contribution is 9.10. The van der Waals surface area contributed by atoms with Crippen LogP contribution < -0.4 is 10.9 Å². The zero-order chi connectivity index (χ0) is 15.0. The van der Waals surface area contributed by atoms with Gasteiger partial charge in [0.25, 0.3) is 5.56 Å². The highest BCUT2D eigenvalue weighted by Gasteiger charge is 2.23. The summed E-state index contributed by atoms with van der Waals surface area (Å²) in [6, 6.07) is 0. The fraction of sp³-hybridized carbons (Fsp3) is 0.500. The molecule has 0 amide bonds. The Morgan fingerprint density at radius 2 is 2.24 bits per heavy atom.